The molecule has 71 heavy (non-hydrogen) atoms. The van der Waals surface area contributed by atoms with Gasteiger partial charge in [-0.15, -0.1) is 0 Å². The molecule has 0 aliphatic carbocycles. The van der Waals surface area contributed by atoms with Gasteiger partial charge in [0.15, 0.2) is 0 Å². The molecule has 7 amide bonds. The monoisotopic (exact) mass is 986 g/mol. The molecule has 1 fully saturated rings. The minimum absolute atomic E-state index is 0.0531. The molecule has 1 aliphatic rings. The zero-order chi connectivity index (χ0) is 53.1. The van der Waals surface area contributed by atoms with Gasteiger partial charge in [0.05, 0.1) is 24.0 Å². The fourth-order valence-electron chi connectivity index (χ4n) is 7.74. The highest BCUT2D eigenvalue weighted by Gasteiger charge is 2.37. The summed E-state index contributed by atoms with van der Waals surface area (Å²) in [6.07, 6.45) is 4.69. The first-order chi connectivity index (χ1) is 33.4. The van der Waals surface area contributed by atoms with Gasteiger partial charge < -0.3 is 51.8 Å². The van der Waals surface area contributed by atoms with Crippen LogP contribution in [-0.4, -0.2) is 125 Å². The van der Waals surface area contributed by atoms with E-state index in [0.717, 1.165) is 16.0 Å². The van der Waals surface area contributed by atoms with E-state index in [2.05, 4.69) is 38.5 Å². The van der Waals surface area contributed by atoms with Gasteiger partial charge in [-0.05, 0) is 50.2 Å². The molecule has 1 aliphatic heterocycles. The van der Waals surface area contributed by atoms with E-state index < -0.39 is 120 Å². The van der Waals surface area contributed by atoms with E-state index in [1.165, 1.54) is 27.8 Å². The standard InChI is InChI=1S/C52H71N7O12/c1-29(2)25-40-49(65)54-38(22-21-30(3)26-31(4)42(71-10)28-37-19-15-12-16-20-37)32(5)45(61)55-39(51(67)68)23-24-43(60)59(9)35(8)48(64)53-34(7)47(63)57-41(27-36-17-13-11-14-18-36)50(66)58-44(52(69)70)33(6)46(62)56-40/h11-22,26,29,31-34,38-42,44H,8,23-25,27-28H2,1-7,9-10H3,(H,53,64)(H,54,65)(H,55,61)(H,56,62)(H,57,63)(H,58,66)(H,67,68)(H,69,70). The summed E-state index contributed by atoms with van der Waals surface area (Å²) in [4.78, 5) is 123. The van der Waals surface area contributed by atoms with Crippen molar-refractivity contribution >= 4 is 53.3 Å². The number of likely N-dealkylation sites (N-methyl/N-ethyl adjacent to an activating group) is 1. The van der Waals surface area contributed by atoms with Gasteiger partial charge in [0, 0.05) is 32.9 Å². The summed E-state index contributed by atoms with van der Waals surface area (Å²) in [5, 5.41) is 35.8. The lowest BCUT2D eigenvalue weighted by Crippen LogP contribution is -2.59. The molecular formula is C52H71N7O12. The highest BCUT2D eigenvalue weighted by atomic mass is 16.5. The summed E-state index contributed by atoms with van der Waals surface area (Å²) in [5.41, 5.74) is 1.98. The van der Waals surface area contributed by atoms with E-state index in [-0.39, 0.29) is 30.8 Å². The molecule has 0 radical (unpaired) electrons. The van der Waals surface area contributed by atoms with Crippen molar-refractivity contribution in [3.8, 4) is 0 Å². The van der Waals surface area contributed by atoms with Crippen molar-refractivity contribution in [2.75, 3.05) is 14.2 Å². The van der Waals surface area contributed by atoms with Gasteiger partial charge in [-0.1, -0.05) is 126 Å². The summed E-state index contributed by atoms with van der Waals surface area (Å²) in [7, 11) is 2.85. The second kappa shape index (κ2) is 27.9. The lowest BCUT2D eigenvalue weighted by atomic mass is 9.94. The summed E-state index contributed by atoms with van der Waals surface area (Å²) in [6, 6.07) is 9.64. The van der Waals surface area contributed by atoms with Crippen LogP contribution in [0.2, 0.25) is 0 Å². The van der Waals surface area contributed by atoms with E-state index in [1.54, 1.807) is 63.4 Å². The van der Waals surface area contributed by atoms with Gasteiger partial charge in [0.1, 0.15) is 35.9 Å². The lowest BCUT2D eigenvalue weighted by molar-refractivity contribution is -0.146. The number of nitrogens with one attached hydrogen (secondary N) is 6. The Balaban J connectivity index is 2.10. The van der Waals surface area contributed by atoms with Crippen molar-refractivity contribution in [3.05, 3.63) is 108 Å². The van der Waals surface area contributed by atoms with Crippen molar-refractivity contribution < 1.29 is 58.1 Å². The van der Waals surface area contributed by atoms with Crippen LogP contribution < -0.4 is 31.9 Å². The highest BCUT2D eigenvalue weighted by molar-refractivity contribution is 6.00. The topological polar surface area (TPSA) is 279 Å². The van der Waals surface area contributed by atoms with E-state index in [4.69, 9.17) is 4.74 Å². The number of methoxy groups -OCH3 is 1. The van der Waals surface area contributed by atoms with Crippen molar-refractivity contribution in [2.45, 2.75) is 123 Å². The van der Waals surface area contributed by atoms with Crippen LogP contribution in [0.1, 0.15) is 78.9 Å². The molecule has 19 heteroatoms. The van der Waals surface area contributed by atoms with Crippen LogP contribution in [0.15, 0.2) is 96.7 Å². The summed E-state index contributed by atoms with van der Waals surface area (Å²) in [6.45, 7) is 15.1. The Morgan fingerprint density at radius 3 is 1.87 bits per heavy atom. The Bertz CT molecular complexity index is 2290. The first-order valence-electron chi connectivity index (χ1n) is 23.6. The molecular weight excluding hydrogens is 915 g/mol. The molecule has 0 saturated carbocycles. The minimum atomic E-state index is -1.87. The summed E-state index contributed by atoms with van der Waals surface area (Å²) < 4.78 is 5.82. The molecule has 3 rings (SSSR count). The minimum Gasteiger partial charge on any atom is -0.480 e. The Hall–Kier alpha value is -7.15. The second-order valence-corrected chi connectivity index (χ2v) is 18.5. The zero-order valence-corrected chi connectivity index (χ0v) is 42.0. The van der Waals surface area contributed by atoms with Crippen molar-refractivity contribution in [2.24, 2.45) is 23.7 Å². The number of carboxylic acid groups (broad SMARTS) is 2. The normalized spacial score (nSPS) is 25.4. The van der Waals surface area contributed by atoms with Crippen molar-refractivity contribution in [3.63, 3.8) is 0 Å². The quantitative estimate of drug-likeness (QED) is 0.106. The maximum Gasteiger partial charge on any atom is 0.327 e. The van der Waals surface area contributed by atoms with E-state index in [1.807, 2.05) is 50.3 Å². The number of amides is 7. The molecule has 386 valence electrons. The molecule has 10 unspecified atom stereocenters. The number of rotatable bonds is 13. The number of allylic oxidation sites excluding steroid dienone is 2. The summed E-state index contributed by atoms with van der Waals surface area (Å²) in [5.74, 6) is -12.0. The molecule has 2 aromatic rings. The molecule has 0 aromatic heterocycles. The average molecular weight is 986 g/mol. The van der Waals surface area contributed by atoms with Gasteiger partial charge in [-0.2, -0.15) is 0 Å². The van der Waals surface area contributed by atoms with Crippen LogP contribution in [-0.2, 0) is 60.7 Å². The fourth-order valence-corrected chi connectivity index (χ4v) is 7.74. The third kappa shape index (κ3) is 18.3. The molecule has 8 N–H and O–H groups in total. The average Bonchev–Trinajstić information content (AvgIpc) is 3.32. The fraction of sp³-hybridized carbons (Fsp3) is 0.481. The number of benzene rings is 2. The van der Waals surface area contributed by atoms with Crippen LogP contribution >= 0.6 is 0 Å². The molecule has 19 nitrogen and oxygen atoms in total. The lowest BCUT2D eigenvalue weighted by Gasteiger charge is -2.29. The van der Waals surface area contributed by atoms with Gasteiger partial charge in [-0.3, -0.25) is 33.6 Å². The third-order valence-electron chi connectivity index (χ3n) is 12.3. The Morgan fingerprint density at radius 1 is 0.746 bits per heavy atom. The van der Waals surface area contributed by atoms with E-state index in [0.29, 0.717) is 12.0 Å². The maximum absolute atomic E-state index is 14.3. The highest BCUT2D eigenvalue weighted by Crippen LogP contribution is 2.19. The number of carbonyl (C=O) groups excluding carboxylic acids is 7. The predicted molar refractivity (Wildman–Crippen MR) is 265 cm³/mol. The second-order valence-electron chi connectivity index (χ2n) is 18.5. The summed E-state index contributed by atoms with van der Waals surface area (Å²) >= 11 is 0. The predicted octanol–water partition coefficient (Wildman–Crippen LogP) is 2.81. The number of aliphatic carboxylic acids is 2. The Morgan fingerprint density at radius 2 is 1.31 bits per heavy atom. The van der Waals surface area contributed by atoms with Crippen molar-refractivity contribution in [1.29, 1.82) is 0 Å². The number of hydrogen-bond acceptors (Lipinski definition) is 10. The first-order valence-corrected chi connectivity index (χ1v) is 23.6. The van der Waals surface area contributed by atoms with Gasteiger partial charge in [0.25, 0.3) is 5.91 Å². The maximum atomic E-state index is 14.3. The SMILES string of the molecule is C=C1C(=O)NC(C)C(=O)NC(Cc2ccccc2)C(=O)NC(C(=O)O)C(C)C(=O)NC(CC(C)C)C(=O)NC(C=CC(C)=CC(C)C(Cc2ccccc2)OC)C(C)C(=O)NC(C(=O)O)CCC(=O)N1C. The largest absolute Gasteiger partial charge is 0.480 e. The Kier molecular flexibility index (Phi) is 22.8. The number of ether oxygens (including phenoxy) is 1. The molecule has 2 aromatic carbocycles. The molecule has 10 atom stereocenters. The Labute approximate surface area is 415 Å². The van der Waals surface area contributed by atoms with Gasteiger partial charge >= 0.3 is 11.9 Å². The van der Waals surface area contributed by atoms with Gasteiger partial charge in [-0.25, -0.2) is 9.59 Å². The number of carboxylic acids is 2. The molecule has 1 heterocycles. The van der Waals surface area contributed by atoms with E-state index in [9.17, 15) is 53.4 Å². The number of nitrogens with zero attached hydrogens (tertiary/aromatic N) is 1. The molecule has 0 bridgehead atoms. The van der Waals surface area contributed by atoms with E-state index >= 15 is 0 Å². The molecule has 0 spiro atoms. The molecule has 1 saturated heterocycles. The van der Waals surface area contributed by atoms with Crippen LogP contribution in [0.3, 0.4) is 0 Å². The van der Waals surface area contributed by atoms with Crippen LogP contribution in [0.4, 0.5) is 0 Å². The van der Waals surface area contributed by atoms with Crippen molar-refractivity contribution in [1.82, 2.24) is 36.8 Å². The zero-order valence-electron chi connectivity index (χ0n) is 42.0. The van der Waals surface area contributed by atoms with Crippen LogP contribution in [0.25, 0.3) is 0 Å². The van der Waals surface area contributed by atoms with Crippen LogP contribution in [0.5, 0.6) is 0 Å². The number of carbonyl (C=O) groups is 9. The number of hydrogen-bond donors (Lipinski definition) is 8. The van der Waals surface area contributed by atoms with Gasteiger partial charge in [0.2, 0.25) is 35.4 Å². The smallest absolute Gasteiger partial charge is 0.327 e. The first kappa shape index (κ1) is 58.2. The van der Waals surface area contributed by atoms with Crippen LogP contribution in [0, 0.1) is 23.7 Å². The third-order valence-corrected chi connectivity index (χ3v) is 12.3.